The highest BCUT2D eigenvalue weighted by Crippen LogP contribution is 2.39. The highest BCUT2D eigenvalue weighted by molar-refractivity contribution is 6.32. The first kappa shape index (κ1) is 18.5. The Labute approximate surface area is 159 Å². The number of halogens is 1. The molecular weight excluding hydrogens is 376 g/mol. The molecule has 0 saturated heterocycles. The average Bonchev–Trinajstić information content (AvgIpc) is 3.15. The largest absolute Gasteiger partial charge is 0.454 e. The van der Waals surface area contributed by atoms with Gasteiger partial charge in [-0.25, -0.2) is 4.79 Å². The molecule has 140 valence electrons. The predicted molar refractivity (Wildman–Crippen MR) is 96.3 cm³/mol. The van der Waals surface area contributed by atoms with E-state index in [-0.39, 0.29) is 23.3 Å². The first-order valence-electron chi connectivity index (χ1n) is 7.86. The second-order valence-corrected chi connectivity index (χ2v) is 5.88. The van der Waals surface area contributed by atoms with Crippen LogP contribution in [0.1, 0.15) is 20.7 Å². The standard InChI is InChI=1S/C18H15ClN2O6/c1-20-17(23)10-2-4-12(5-3-10)21-15(22)8-25-18(24)11-6-13(19)16-14(7-11)26-9-27-16/h2-7H,8-9H2,1H3,(H,20,23)(H,21,22). The lowest BCUT2D eigenvalue weighted by molar-refractivity contribution is -0.119. The number of carbonyl (C=O) groups is 3. The summed E-state index contributed by atoms with van der Waals surface area (Å²) in [4.78, 5) is 35.5. The number of hydrogen-bond donors (Lipinski definition) is 2. The fraction of sp³-hybridized carbons (Fsp3) is 0.167. The summed E-state index contributed by atoms with van der Waals surface area (Å²) in [6.07, 6.45) is 0. The zero-order chi connectivity index (χ0) is 19.4. The van der Waals surface area contributed by atoms with Gasteiger partial charge in [0.2, 0.25) is 6.79 Å². The van der Waals surface area contributed by atoms with Crippen LogP contribution >= 0.6 is 11.6 Å². The van der Waals surface area contributed by atoms with Crippen LogP contribution in [0.15, 0.2) is 36.4 Å². The molecule has 2 aromatic carbocycles. The summed E-state index contributed by atoms with van der Waals surface area (Å²) in [5.74, 6) is -0.770. The fourth-order valence-electron chi connectivity index (χ4n) is 2.35. The number of ether oxygens (including phenoxy) is 3. The lowest BCUT2D eigenvalue weighted by atomic mass is 10.2. The van der Waals surface area contributed by atoms with Gasteiger partial charge >= 0.3 is 5.97 Å². The van der Waals surface area contributed by atoms with Crippen LogP contribution < -0.4 is 20.1 Å². The van der Waals surface area contributed by atoms with E-state index in [1.807, 2.05) is 0 Å². The number of esters is 1. The van der Waals surface area contributed by atoms with Gasteiger partial charge in [-0.1, -0.05) is 11.6 Å². The van der Waals surface area contributed by atoms with Crippen molar-refractivity contribution >= 4 is 35.1 Å². The van der Waals surface area contributed by atoms with Gasteiger partial charge in [-0.05, 0) is 36.4 Å². The Kier molecular flexibility index (Phi) is 5.46. The summed E-state index contributed by atoms with van der Waals surface area (Å²) in [5.41, 5.74) is 1.07. The Morgan fingerprint density at radius 1 is 1.11 bits per heavy atom. The zero-order valence-corrected chi connectivity index (χ0v) is 15.0. The maximum atomic E-state index is 12.1. The summed E-state index contributed by atoms with van der Waals surface area (Å²) < 4.78 is 15.3. The highest BCUT2D eigenvalue weighted by Gasteiger charge is 2.21. The van der Waals surface area contributed by atoms with Crippen LogP contribution in [0.5, 0.6) is 11.5 Å². The zero-order valence-electron chi connectivity index (χ0n) is 14.2. The lowest BCUT2D eigenvalue weighted by Crippen LogP contribution is -2.21. The maximum Gasteiger partial charge on any atom is 0.338 e. The van der Waals surface area contributed by atoms with Gasteiger partial charge in [0.15, 0.2) is 18.1 Å². The molecule has 0 unspecified atom stereocenters. The Balaban J connectivity index is 1.55. The number of amides is 2. The van der Waals surface area contributed by atoms with Crippen molar-refractivity contribution in [2.75, 3.05) is 25.8 Å². The molecule has 9 heteroatoms. The Hall–Kier alpha value is -3.26. The van der Waals surface area contributed by atoms with Crippen LogP contribution in [-0.4, -0.2) is 38.2 Å². The van der Waals surface area contributed by atoms with Gasteiger partial charge in [0.1, 0.15) is 0 Å². The van der Waals surface area contributed by atoms with E-state index in [1.54, 1.807) is 24.3 Å². The van der Waals surface area contributed by atoms with Crippen LogP contribution in [0.3, 0.4) is 0 Å². The van der Waals surface area contributed by atoms with Crippen molar-refractivity contribution in [3.8, 4) is 11.5 Å². The van der Waals surface area contributed by atoms with Crippen molar-refractivity contribution in [1.29, 1.82) is 0 Å². The molecule has 0 saturated carbocycles. The molecule has 0 atom stereocenters. The van der Waals surface area contributed by atoms with Crippen LogP contribution in [0.4, 0.5) is 5.69 Å². The summed E-state index contributed by atoms with van der Waals surface area (Å²) in [7, 11) is 1.53. The second kappa shape index (κ2) is 7.96. The third-order valence-electron chi connectivity index (χ3n) is 3.66. The number of carbonyl (C=O) groups excluding carboxylic acids is 3. The number of anilines is 1. The van der Waals surface area contributed by atoms with E-state index in [4.69, 9.17) is 25.8 Å². The van der Waals surface area contributed by atoms with E-state index in [1.165, 1.54) is 19.2 Å². The summed E-state index contributed by atoms with van der Waals surface area (Å²) >= 11 is 6.01. The van der Waals surface area contributed by atoms with Crippen LogP contribution in [0.25, 0.3) is 0 Å². The molecule has 1 heterocycles. The fourth-order valence-corrected chi connectivity index (χ4v) is 2.61. The van der Waals surface area contributed by atoms with E-state index in [9.17, 15) is 14.4 Å². The minimum absolute atomic E-state index is 0.0225. The van der Waals surface area contributed by atoms with Crippen LogP contribution in [0, 0.1) is 0 Å². The molecule has 0 spiro atoms. The van der Waals surface area contributed by atoms with Crippen molar-refractivity contribution in [2.45, 2.75) is 0 Å². The van der Waals surface area contributed by atoms with E-state index < -0.39 is 18.5 Å². The minimum Gasteiger partial charge on any atom is -0.454 e. The van der Waals surface area contributed by atoms with Crippen LogP contribution in [0.2, 0.25) is 5.02 Å². The summed E-state index contributed by atoms with van der Waals surface area (Å²) in [6.45, 7) is -0.462. The minimum atomic E-state index is -0.722. The number of benzene rings is 2. The molecule has 8 nitrogen and oxygen atoms in total. The lowest BCUT2D eigenvalue weighted by Gasteiger charge is -2.08. The molecular formula is C18H15ClN2O6. The van der Waals surface area contributed by atoms with Gasteiger partial charge in [-0.15, -0.1) is 0 Å². The average molecular weight is 391 g/mol. The Bertz CT molecular complexity index is 897. The first-order chi connectivity index (χ1) is 13.0. The SMILES string of the molecule is CNC(=O)c1ccc(NC(=O)COC(=O)c2cc(Cl)c3c(c2)OCO3)cc1. The molecule has 2 amide bonds. The predicted octanol–water partition coefficient (Wildman–Crippen LogP) is 2.22. The number of hydrogen-bond acceptors (Lipinski definition) is 6. The van der Waals surface area contributed by atoms with E-state index in [0.29, 0.717) is 22.7 Å². The van der Waals surface area contributed by atoms with Crippen molar-refractivity contribution in [3.05, 3.63) is 52.5 Å². The molecule has 1 aliphatic rings. The van der Waals surface area contributed by atoms with Crippen molar-refractivity contribution < 1.29 is 28.6 Å². The molecule has 2 N–H and O–H groups in total. The molecule has 0 radical (unpaired) electrons. The highest BCUT2D eigenvalue weighted by atomic mass is 35.5. The molecule has 3 rings (SSSR count). The third kappa shape index (κ3) is 4.29. The van der Waals surface area contributed by atoms with E-state index in [0.717, 1.165) is 0 Å². The van der Waals surface area contributed by atoms with Crippen molar-refractivity contribution in [2.24, 2.45) is 0 Å². The van der Waals surface area contributed by atoms with Gasteiger partial charge in [-0.3, -0.25) is 9.59 Å². The molecule has 27 heavy (non-hydrogen) atoms. The molecule has 1 aliphatic heterocycles. The molecule has 0 fully saturated rings. The number of nitrogens with one attached hydrogen (secondary N) is 2. The molecule has 0 aliphatic carbocycles. The maximum absolute atomic E-state index is 12.1. The first-order valence-corrected chi connectivity index (χ1v) is 8.24. The van der Waals surface area contributed by atoms with Crippen molar-refractivity contribution in [1.82, 2.24) is 5.32 Å². The quantitative estimate of drug-likeness (QED) is 0.759. The normalized spacial score (nSPS) is 11.6. The van der Waals surface area contributed by atoms with Gasteiger partial charge in [0.05, 0.1) is 10.6 Å². The number of fused-ring (bicyclic) bond motifs is 1. The van der Waals surface area contributed by atoms with Gasteiger partial charge in [0, 0.05) is 18.3 Å². The van der Waals surface area contributed by atoms with E-state index in [2.05, 4.69) is 10.6 Å². The second-order valence-electron chi connectivity index (χ2n) is 5.47. The third-order valence-corrected chi connectivity index (χ3v) is 3.94. The van der Waals surface area contributed by atoms with Gasteiger partial charge < -0.3 is 24.8 Å². The number of rotatable bonds is 5. The topological polar surface area (TPSA) is 103 Å². The molecule has 0 bridgehead atoms. The van der Waals surface area contributed by atoms with Crippen LogP contribution in [-0.2, 0) is 9.53 Å². The van der Waals surface area contributed by atoms with E-state index >= 15 is 0 Å². The Morgan fingerprint density at radius 3 is 2.56 bits per heavy atom. The smallest absolute Gasteiger partial charge is 0.338 e. The Morgan fingerprint density at radius 2 is 1.85 bits per heavy atom. The summed E-state index contributed by atoms with van der Waals surface area (Å²) in [6, 6.07) is 9.09. The van der Waals surface area contributed by atoms with Gasteiger partial charge in [-0.2, -0.15) is 0 Å². The van der Waals surface area contributed by atoms with Crippen molar-refractivity contribution in [3.63, 3.8) is 0 Å². The monoisotopic (exact) mass is 390 g/mol. The molecule has 0 aromatic heterocycles. The summed E-state index contributed by atoms with van der Waals surface area (Å²) in [5, 5.41) is 5.29. The molecule has 2 aromatic rings. The van der Waals surface area contributed by atoms with Gasteiger partial charge in [0.25, 0.3) is 11.8 Å².